The minimum absolute atomic E-state index is 0.0803. The first-order chi connectivity index (χ1) is 16.8. The molecule has 1 saturated heterocycles. The second-order valence-corrected chi connectivity index (χ2v) is 8.41. The second-order valence-electron chi connectivity index (χ2n) is 8.02. The number of rotatable bonds is 4. The highest BCUT2D eigenvalue weighted by atomic mass is 35.5. The van der Waals surface area contributed by atoms with Crippen LogP contribution in [0, 0.1) is 11.6 Å². The fraction of sp³-hybridized carbons (Fsp3) is 0.167. The van der Waals surface area contributed by atoms with Gasteiger partial charge in [-0.3, -0.25) is 9.78 Å². The number of carbonyl (C=O) groups is 1. The SMILES string of the molecule is O=C(O)c1cn(-c2ccc(F)cc2)c2cc(N3CCN(c4cncc(Cl)n4)CC3)c(F)cc2c1=O. The van der Waals surface area contributed by atoms with Crippen molar-refractivity contribution in [3.8, 4) is 5.69 Å². The third-order valence-corrected chi connectivity index (χ3v) is 6.13. The number of anilines is 2. The molecule has 4 aromatic rings. The third kappa shape index (κ3) is 4.28. The van der Waals surface area contributed by atoms with Crippen LogP contribution in [0.2, 0.25) is 5.15 Å². The molecule has 178 valence electrons. The van der Waals surface area contributed by atoms with Gasteiger partial charge in [-0.2, -0.15) is 0 Å². The molecular weight excluding hydrogens is 480 g/mol. The summed E-state index contributed by atoms with van der Waals surface area (Å²) in [6.07, 6.45) is 4.24. The Morgan fingerprint density at radius 1 is 1.00 bits per heavy atom. The van der Waals surface area contributed by atoms with Crippen LogP contribution in [0.3, 0.4) is 0 Å². The standard InChI is InChI=1S/C24H18ClF2N5O3/c25-21-11-28-12-22(29-21)31-7-5-30(6-8-31)20-10-19-16(9-18(20)27)23(33)17(24(34)35)13-32(19)15-3-1-14(26)2-4-15/h1-4,9-13H,5-8H2,(H,34,35). The van der Waals surface area contributed by atoms with E-state index in [-0.39, 0.29) is 16.2 Å². The van der Waals surface area contributed by atoms with E-state index in [1.807, 2.05) is 9.80 Å². The van der Waals surface area contributed by atoms with Crippen LogP contribution in [-0.4, -0.2) is 51.8 Å². The highest BCUT2D eigenvalue weighted by molar-refractivity contribution is 6.29. The van der Waals surface area contributed by atoms with Crippen LogP contribution in [0.15, 0.2) is 59.8 Å². The average Bonchev–Trinajstić information content (AvgIpc) is 2.85. The molecule has 0 bridgehead atoms. The summed E-state index contributed by atoms with van der Waals surface area (Å²) in [6, 6.07) is 7.95. The minimum atomic E-state index is -1.43. The predicted molar refractivity (Wildman–Crippen MR) is 128 cm³/mol. The van der Waals surface area contributed by atoms with Crippen molar-refractivity contribution in [2.24, 2.45) is 0 Å². The number of aromatic nitrogens is 3. The molecule has 8 nitrogen and oxygen atoms in total. The van der Waals surface area contributed by atoms with E-state index in [1.165, 1.54) is 47.3 Å². The molecule has 0 atom stereocenters. The van der Waals surface area contributed by atoms with Gasteiger partial charge in [-0.1, -0.05) is 11.6 Å². The van der Waals surface area contributed by atoms with Gasteiger partial charge < -0.3 is 19.5 Å². The monoisotopic (exact) mass is 497 g/mol. The van der Waals surface area contributed by atoms with Gasteiger partial charge in [-0.25, -0.2) is 18.6 Å². The van der Waals surface area contributed by atoms with Crippen LogP contribution < -0.4 is 15.2 Å². The van der Waals surface area contributed by atoms with Gasteiger partial charge in [0.25, 0.3) is 0 Å². The zero-order valence-electron chi connectivity index (χ0n) is 18.2. The summed E-state index contributed by atoms with van der Waals surface area (Å²) in [6.45, 7) is 2.00. The molecule has 1 aliphatic heterocycles. The highest BCUT2D eigenvalue weighted by Gasteiger charge is 2.23. The summed E-state index contributed by atoms with van der Waals surface area (Å²) < 4.78 is 30.2. The van der Waals surface area contributed by atoms with Gasteiger partial charge in [-0.05, 0) is 36.4 Å². The van der Waals surface area contributed by atoms with Crippen molar-refractivity contribution in [2.75, 3.05) is 36.0 Å². The van der Waals surface area contributed by atoms with Crippen LogP contribution in [0.4, 0.5) is 20.3 Å². The van der Waals surface area contributed by atoms with Crippen LogP contribution in [-0.2, 0) is 0 Å². The van der Waals surface area contributed by atoms with E-state index in [2.05, 4.69) is 9.97 Å². The molecule has 0 unspecified atom stereocenters. The van der Waals surface area contributed by atoms with Crippen molar-refractivity contribution in [2.45, 2.75) is 0 Å². The molecule has 0 spiro atoms. The van der Waals surface area contributed by atoms with Crippen molar-refractivity contribution in [3.63, 3.8) is 0 Å². The minimum Gasteiger partial charge on any atom is -0.477 e. The number of nitrogens with zero attached hydrogens (tertiary/aromatic N) is 5. The molecule has 0 aliphatic carbocycles. The Hall–Kier alpha value is -4.05. The van der Waals surface area contributed by atoms with E-state index in [9.17, 15) is 19.1 Å². The molecule has 35 heavy (non-hydrogen) atoms. The van der Waals surface area contributed by atoms with E-state index in [0.717, 1.165) is 6.07 Å². The molecule has 1 N–H and O–H groups in total. The van der Waals surface area contributed by atoms with Crippen molar-refractivity contribution in [1.82, 2.24) is 14.5 Å². The molecule has 3 heterocycles. The topological polar surface area (TPSA) is 91.6 Å². The summed E-state index contributed by atoms with van der Waals surface area (Å²) >= 11 is 5.94. The van der Waals surface area contributed by atoms with Gasteiger partial charge >= 0.3 is 5.97 Å². The quantitative estimate of drug-likeness (QED) is 0.459. The van der Waals surface area contributed by atoms with Crippen molar-refractivity contribution >= 4 is 40.0 Å². The Labute approximate surface area is 202 Å². The molecule has 2 aromatic carbocycles. The number of hydrogen-bond acceptors (Lipinski definition) is 6. The highest BCUT2D eigenvalue weighted by Crippen LogP contribution is 2.28. The Kier molecular flexibility index (Phi) is 5.81. The Bertz CT molecular complexity index is 1500. The molecule has 0 radical (unpaired) electrons. The fourth-order valence-electron chi connectivity index (χ4n) is 4.21. The van der Waals surface area contributed by atoms with E-state index in [4.69, 9.17) is 11.6 Å². The second kappa shape index (κ2) is 8.95. The van der Waals surface area contributed by atoms with Gasteiger partial charge in [0.2, 0.25) is 5.43 Å². The zero-order chi connectivity index (χ0) is 24.7. The number of fused-ring (bicyclic) bond motifs is 1. The molecule has 2 aromatic heterocycles. The maximum Gasteiger partial charge on any atom is 0.341 e. The molecule has 1 aliphatic rings. The maximum absolute atomic E-state index is 15.2. The third-order valence-electron chi connectivity index (χ3n) is 5.94. The Morgan fingerprint density at radius 3 is 2.34 bits per heavy atom. The summed E-state index contributed by atoms with van der Waals surface area (Å²) in [7, 11) is 0. The largest absolute Gasteiger partial charge is 0.477 e. The van der Waals surface area contributed by atoms with E-state index >= 15 is 4.39 Å². The van der Waals surface area contributed by atoms with E-state index < -0.39 is 28.6 Å². The number of carboxylic acid groups (broad SMARTS) is 1. The molecule has 0 saturated carbocycles. The Balaban J connectivity index is 1.56. The summed E-state index contributed by atoms with van der Waals surface area (Å²) in [5, 5.41) is 9.71. The van der Waals surface area contributed by atoms with Crippen molar-refractivity contribution < 1.29 is 18.7 Å². The zero-order valence-corrected chi connectivity index (χ0v) is 18.9. The Morgan fingerprint density at radius 2 is 1.69 bits per heavy atom. The number of benzene rings is 2. The predicted octanol–water partition coefficient (Wildman–Crippen LogP) is 3.74. The van der Waals surface area contributed by atoms with E-state index in [0.29, 0.717) is 43.2 Å². The number of aromatic carboxylic acids is 1. The summed E-state index contributed by atoms with van der Waals surface area (Å²) in [5.74, 6) is -1.91. The van der Waals surface area contributed by atoms with Gasteiger partial charge in [0, 0.05) is 43.4 Å². The van der Waals surface area contributed by atoms with Crippen LogP contribution in [0.5, 0.6) is 0 Å². The molecule has 0 amide bonds. The maximum atomic E-state index is 15.2. The first-order valence-electron chi connectivity index (χ1n) is 10.7. The average molecular weight is 498 g/mol. The number of piperazine rings is 1. The summed E-state index contributed by atoms with van der Waals surface area (Å²) in [5.41, 5.74) is -0.287. The lowest BCUT2D eigenvalue weighted by Crippen LogP contribution is -2.47. The number of pyridine rings is 1. The first kappa shape index (κ1) is 22.7. The van der Waals surface area contributed by atoms with Gasteiger partial charge in [0.05, 0.1) is 23.6 Å². The van der Waals surface area contributed by atoms with Crippen LogP contribution in [0.25, 0.3) is 16.6 Å². The molecule has 11 heteroatoms. The normalized spacial score (nSPS) is 13.9. The lowest BCUT2D eigenvalue weighted by atomic mass is 10.1. The smallest absolute Gasteiger partial charge is 0.341 e. The number of halogens is 3. The fourth-order valence-corrected chi connectivity index (χ4v) is 4.35. The van der Waals surface area contributed by atoms with Gasteiger partial charge in [0.15, 0.2) is 0 Å². The number of hydrogen-bond donors (Lipinski definition) is 1. The van der Waals surface area contributed by atoms with Crippen LogP contribution >= 0.6 is 11.6 Å². The first-order valence-corrected chi connectivity index (χ1v) is 11.1. The van der Waals surface area contributed by atoms with Crippen LogP contribution in [0.1, 0.15) is 10.4 Å². The number of carboxylic acids is 1. The van der Waals surface area contributed by atoms with Gasteiger partial charge in [0.1, 0.15) is 28.2 Å². The molecular formula is C24H18ClF2N5O3. The van der Waals surface area contributed by atoms with E-state index in [1.54, 1.807) is 6.20 Å². The molecule has 1 fully saturated rings. The molecule has 5 rings (SSSR count). The van der Waals surface area contributed by atoms with Gasteiger partial charge in [-0.15, -0.1) is 0 Å². The lowest BCUT2D eigenvalue weighted by molar-refractivity contribution is 0.0695. The van der Waals surface area contributed by atoms with Crippen molar-refractivity contribution in [1.29, 1.82) is 0 Å². The van der Waals surface area contributed by atoms with Crippen molar-refractivity contribution in [3.05, 3.63) is 87.6 Å². The summed E-state index contributed by atoms with van der Waals surface area (Å²) in [4.78, 5) is 36.6. The lowest BCUT2D eigenvalue weighted by Gasteiger charge is -2.36.